The van der Waals surface area contributed by atoms with E-state index in [9.17, 15) is 4.79 Å². The number of nitrogens with zero attached hydrogens (tertiary/aromatic N) is 1. The summed E-state index contributed by atoms with van der Waals surface area (Å²) < 4.78 is 11.4. The molecule has 0 unspecified atom stereocenters. The lowest BCUT2D eigenvalue weighted by atomic mass is 10.1. The third kappa shape index (κ3) is 4.40. The number of ether oxygens (including phenoxy) is 2. The number of aromatic nitrogens is 1. The highest BCUT2D eigenvalue weighted by Crippen LogP contribution is 2.26. The van der Waals surface area contributed by atoms with Crippen LogP contribution in [-0.4, -0.2) is 29.3 Å². The molecule has 0 saturated heterocycles. The predicted octanol–water partition coefficient (Wildman–Crippen LogP) is 4.58. The van der Waals surface area contributed by atoms with Crippen LogP contribution in [0.2, 0.25) is 0 Å². The number of benzene rings is 2. The first-order chi connectivity index (χ1) is 12.5. The van der Waals surface area contributed by atoms with Crippen molar-refractivity contribution >= 4 is 17.3 Å². The van der Waals surface area contributed by atoms with Gasteiger partial charge in [0.1, 0.15) is 29.7 Å². The Hall–Kier alpha value is -2.86. The number of hydrogen-bond donors (Lipinski definition) is 1. The van der Waals surface area contributed by atoms with Crippen molar-refractivity contribution in [1.29, 1.82) is 0 Å². The van der Waals surface area contributed by atoms with E-state index in [0.717, 1.165) is 22.6 Å². The summed E-state index contributed by atoms with van der Waals surface area (Å²) in [7, 11) is 0. The summed E-state index contributed by atoms with van der Waals surface area (Å²) in [6, 6.07) is 13.5. The number of rotatable bonds is 7. The van der Waals surface area contributed by atoms with Gasteiger partial charge in [0.05, 0.1) is 0 Å². The second kappa shape index (κ2) is 8.01. The molecule has 0 amide bonds. The minimum atomic E-state index is -1.02. The number of carboxylic acids is 1. The fourth-order valence-electron chi connectivity index (χ4n) is 2.47. The van der Waals surface area contributed by atoms with Gasteiger partial charge in [-0.15, -0.1) is 11.3 Å². The van der Waals surface area contributed by atoms with Crippen molar-refractivity contribution in [3.8, 4) is 22.1 Å². The van der Waals surface area contributed by atoms with Crippen LogP contribution in [0.3, 0.4) is 0 Å². The van der Waals surface area contributed by atoms with Crippen molar-refractivity contribution in [1.82, 2.24) is 4.98 Å². The van der Waals surface area contributed by atoms with Gasteiger partial charge in [-0.25, -0.2) is 9.78 Å². The molecule has 0 atom stereocenters. The Bertz CT molecular complexity index is 902. The highest BCUT2D eigenvalue weighted by atomic mass is 32.1. The molecule has 0 aliphatic rings. The summed E-state index contributed by atoms with van der Waals surface area (Å²) in [5.74, 6) is 0.580. The van der Waals surface area contributed by atoms with E-state index >= 15 is 0 Å². The molecule has 0 saturated carbocycles. The van der Waals surface area contributed by atoms with Crippen molar-refractivity contribution in [3.63, 3.8) is 0 Å². The molecule has 0 aliphatic heterocycles. The summed E-state index contributed by atoms with van der Waals surface area (Å²) >= 11 is 1.31. The van der Waals surface area contributed by atoms with E-state index in [2.05, 4.69) is 18.0 Å². The molecule has 134 valence electrons. The van der Waals surface area contributed by atoms with Crippen molar-refractivity contribution in [2.75, 3.05) is 13.2 Å². The van der Waals surface area contributed by atoms with Crippen LogP contribution in [0.4, 0.5) is 0 Å². The number of aryl methyl sites for hydroxylation is 2. The lowest BCUT2D eigenvalue weighted by Gasteiger charge is -2.11. The lowest BCUT2D eigenvalue weighted by Crippen LogP contribution is -2.09. The number of carboxylic acid groups (broad SMARTS) is 1. The highest BCUT2D eigenvalue weighted by Gasteiger charge is 2.10. The second-order valence-corrected chi connectivity index (χ2v) is 6.69. The molecule has 0 fully saturated rings. The average Bonchev–Trinajstić information content (AvgIpc) is 3.11. The molecule has 1 aromatic heterocycles. The first kappa shape index (κ1) is 17.9. The molecule has 6 heteroatoms. The van der Waals surface area contributed by atoms with Gasteiger partial charge in [-0.3, -0.25) is 0 Å². The lowest BCUT2D eigenvalue weighted by molar-refractivity contribution is 0.0691. The molecule has 26 heavy (non-hydrogen) atoms. The summed E-state index contributed by atoms with van der Waals surface area (Å²) in [5, 5.41) is 11.1. The molecule has 0 bridgehead atoms. The van der Waals surface area contributed by atoms with Crippen molar-refractivity contribution in [2.45, 2.75) is 13.8 Å². The van der Waals surface area contributed by atoms with Gasteiger partial charge in [0, 0.05) is 10.9 Å². The van der Waals surface area contributed by atoms with E-state index in [4.69, 9.17) is 14.6 Å². The van der Waals surface area contributed by atoms with Crippen LogP contribution in [-0.2, 0) is 0 Å². The van der Waals surface area contributed by atoms with Gasteiger partial charge in [-0.2, -0.15) is 0 Å². The van der Waals surface area contributed by atoms with E-state index in [1.54, 1.807) is 0 Å². The maximum absolute atomic E-state index is 10.9. The Labute approximate surface area is 155 Å². The van der Waals surface area contributed by atoms with Gasteiger partial charge in [-0.1, -0.05) is 17.7 Å². The number of hydrogen-bond acceptors (Lipinski definition) is 5. The second-order valence-electron chi connectivity index (χ2n) is 5.83. The van der Waals surface area contributed by atoms with Crippen molar-refractivity contribution in [3.05, 3.63) is 64.7 Å². The molecule has 0 spiro atoms. The summed E-state index contributed by atoms with van der Waals surface area (Å²) in [6.07, 6.45) is 0. The summed E-state index contributed by atoms with van der Waals surface area (Å²) in [4.78, 5) is 15.0. The third-order valence-corrected chi connectivity index (χ3v) is 4.66. The molecule has 3 rings (SSSR count). The van der Waals surface area contributed by atoms with E-state index in [1.165, 1.54) is 22.3 Å². The topological polar surface area (TPSA) is 68.7 Å². The monoisotopic (exact) mass is 369 g/mol. The molecule has 0 aliphatic carbocycles. The SMILES string of the molecule is Cc1ccc(OCCOc2ccc(-c3nc(C(=O)O)cs3)cc2)c(C)c1. The van der Waals surface area contributed by atoms with Crippen LogP contribution in [0.15, 0.2) is 47.8 Å². The molecule has 0 radical (unpaired) electrons. The number of carbonyl (C=O) groups is 1. The Balaban J connectivity index is 1.52. The first-order valence-electron chi connectivity index (χ1n) is 8.15. The zero-order chi connectivity index (χ0) is 18.5. The van der Waals surface area contributed by atoms with Crippen LogP contribution < -0.4 is 9.47 Å². The Morgan fingerprint density at radius 1 is 1.08 bits per heavy atom. The van der Waals surface area contributed by atoms with E-state index in [-0.39, 0.29) is 5.69 Å². The molecule has 1 heterocycles. The fourth-order valence-corrected chi connectivity index (χ4v) is 3.27. The smallest absolute Gasteiger partial charge is 0.355 e. The van der Waals surface area contributed by atoms with Gasteiger partial charge < -0.3 is 14.6 Å². The zero-order valence-corrected chi connectivity index (χ0v) is 15.4. The van der Waals surface area contributed by atoms with E-state index in [0.29, 0.717) is 18.2 Å². The summed E-state index contributed by atoms with van der Waals surface area (Å²) in [5.41, 5.74) is 3.25. The number of thiazole rings is 1. The molecular formula is C20H19NO4S. The van der Waals surface area contributed by atoms with Gasteiger partial charge in [0.15, 0.2) is 5.69 Å². The minimum absolute atomic E-state index is 0.0638. The van der Waals surface area contributed by atoms with Crippen LogP contribution in [0.25, 0.3) is 10.6 Å². The molecule has 3 aromatic rings. The predicted molar refractivity (Wildman–Crippen MR) is 101 cm³/mol. The van der Waals surface area contributed by atoms with Gasteiger partial charge in [-0.05, 0) is 49.7 Å². The largest absolute Gasteiger partial charge is 0.490 e. The zero-order valence-electron chi connectivity index (χ0n) is 14.6. The minimum Gasteiger partial charge on any atom is -0.490 e. The summed E-state index contributed by atoms with van der Waals surface area (Å²) in [6.45, 7) is 4.97. The average molecular weight is 369 g/mol. The van der Waals surface area contributed by atoms with Crippen LogP contribution >= 0.6 is 11.3 Å². The van der Waals surface area contributed by atoms with Gasteiger partial charge in [0.2, 0.25) is 0 Å². The maximum atomic E-state index is 10.9. The van der Waals surface area contributed by atoms with Gasteiger partial charge >= 0.3 is 5.97 Å². The fraction of sp³-hybridized carbons (Fsp3) is 0.200. The highest BCUT2D eigenvalue weighted by molar-refractivity contribution is 7.13. The Morgan fingerprint density at radius 3 is 2.46 bits per heavy atom. The Morgan fingerprint density at radius 2 is 1.81 bits per heavy atom. The van der Waals surface area contributed by atoms with Gasteiger partial charge in [0.25, 0.3) is 0 Å². The number of aromatic carboxylic acids is 1. The van der Waals surface area contributed by atoms with Crippen LogP contribution in [0, 0.1) is 13.8 Å². The third-order valence-electron chi connectivity index (χ3n) is 3.76. The molecular weight excluding hydrogens is 350 g/mol. The van der Waals surface area contributed by atoms with Crippen molar-refractivity contribution < 1.29 is 19.4 Å². The molecule has 5 nitrogen and oxygen atoms in total. The Kier molecular flexibility index (Phi) is 5.53. The van der Waals surface area contributed by atoms with Crippen LogP contribution in [0.5, 0.6) is 11.5 Å². The first-order valence-corrected chi connectivity index (χ1v) is 9.03. The van der Waals surface area contributed by atoms with E-state index < -0.39 is 5.97 Å². The van der Waals surface area contributed by atoms with E-state index in [1.807, 2.05) is 43.3 Å². The van der Waals surface area contributed by atoms with Crippen molar-refractivity contribution in [2.24, 2.45) is 0 Å². The quantitative estimate of drug-likeness (QED) is 0.617. The van der Waals surface area contributed by atoms with Crippen LogP contribution in [0.1, 0.15) is 21.6 Å². The normalized spacial score (nSPS) is 10.5. The molecule has 2 aromatic carbocycles. The standard InChI is InChI=1S/C20H19NO4S/c1-13-3-8-18(14(2)11-13)25-10-9-24-16-6-4-15(5-7-16)19-21-17(12-26-19)20(22)23/h3-8,11-12H,9-10H2,1-2H3,(H,22,23). The molecule has 1 N–H and O–H groups in total. The maximum Gasteiger partial charge on any atom is 0.355 e.